The highest BCUT2D eigenvalue weighted by atomic mass is 16.5. The minimum atomic E-state index is 0.0581. The summed E-state index contributed by atoms with van der Waals surface area (Å²) in [4.78, 5) is 16.3. The van der Waals surface area contributed by atoms with Gasteiger partial charge in [0.15, 0.2) is 0 Å². The van der Waals surface area contributed by atoms with Crippen LogP contribution in [0.25, 0.3) is 0 Å². The Hall–Kier alpha value is -0.650. The van der Waals surface area contributed by atoms with Crippen LogP contribution in [0.4, 0.5) is 0 Å². The first-order valence-electron chi connectivity index (χ1n) is 7.42. The van der Waals surface area contributed by atoms with Gasteiger partial charge in [-0.05, 0) is 47.8 Å². The fourth-order valence-corrected chi connectivity index (χ4v) is 1.84. The van der Waals surface area contributed by atoms with Crippen LogP contribution in [-0.4, -0.2) is 75.2 Å². The van der Waals surface area contributed by atoms with Crippen molar-refractivity contribution in [2.24, 2.45) is 0 Å². The van der Waals surface area contributed by atoms with Gasteiger partial charge in [-0.15, -0.1) is 0 Å². The molecule has 1 amide bonds. The van der Waals surface area contributed by atoms with E-state index in [-0.39, 0.29) is 11.4 Å². The Morgan fingerprint density at radius 1 is 1.15 bits per heavy atom. The van der Waals surface area contributed by atoms with E-state index < -0.39 is 0 Å². The van der Waals surface area contributed by atoms with E-state index in [1.807, 2.05) is 4.90 Å². The Morgan fingerprint density at radius 3 is 2.30 bits per heavy atom. The lowest BCUT2D eigenvalue weighted by molar-refractivity contribution is -0.131. The number of rotatable bonds is 10. The lowest BCUT2D eigenvalue weighted by Crippen LogP contribution is -2.41. The minimum Gasteiger partial charge on any atom is -0.383 e. The summed E-state index contributed by atoms with van der Waals surface area (Å²) in [6, 6.07) is 0. The average molecular weight is 287 g/mol. The highest BCUT2D eigenvalue weighted by Gasteiger charge is 2.14. The second kappa shape index (κ2) is 10.1. The topological polar surface area (TPSA) is 44.8 Å². The standard InChI is InChI=1S/C15H33N3O2/c1-15(2,3)16-9-8-14(19)18(12-13-20-6)11-7-10-17(4)5/h16H,7-13H2,1-6H3. The number of hydrogen-bond donors (Lipinski definition) is 1. The van der Waals surface area contributed by atoms with E-state index in [0.717, 1.165) is 26.1 Å². The van der Waals surface area contributed by atoms with Crippen molar-refractivity contribution in [1.82, 2.24) is 15.1 Å². The molecule has 0 saturated carbocycles. The summed E-state index contributed by atoms with van der Waals surface area (Å²) in [5, 5.41) is 3.35. The lowest BCUT2D eigenvalue weighted by atomic mass is 10.1. The van der Waals surface area contributed by atoms with Crippen molar-refractivity contribution in [3.63, 3.8) is 0 Å². The highest BCUT2D eigenvalue weighted by Crippen LogP contribution is 2.01. The number of methoxy groups -OCH3 is 1. The molecular formula is C15H33N3O2. The molecule has 0 aliphatic heterocycles. The van der Waals surface area contributed by atoms with Crippen LogP contribution in [0.1, 0.15) is 33.6 Å². The van der Waals surface area contributed by atoms with E-state index in [4.69, 9.17) is 4.74 Å². The smallest absolute Gasteiger partial charge is 0.223 e. The molecule has 0 radical (unpaired) electrons. The van der Waals surface area contributed by atoms with Gasteiger partial charge in [0, 0.05) is 38.7 Å². The summed E-state index contributed by atoms with van der Waals surface area (Å²) >= 11 is 0. The summed E-state index contributed by atoms with van der Waals surface area (Å²) in [6.45, 7) is 10.1. The van der Waals surface area contributed by atoms with Crippen molar-refractivity contribution >= 4 is 5.91 Å². The molecule has 0 saturated heterocycles. The molecule has 120 valence electrons. The van der Waals surface area contributed by atoms with Crippen molar-refractivity contribution in [3.8, 4) is 0 Å². The first-order chi connectivity index (χ1) is 9.26. The Morgan fingerprint density at radius 2 is 1.80 bits per heavy atom. The van der Waals surface area contributed by atoms with Gasteiger partial charge in [0.2, 0.25) is 5.91 Å². The number of ether oxygens (including phenoxy) is 1. The van der Waals surface area contributed by atoms with Gasteiger partial charge in [-0.25, -0.2) is 0 Å². The molecule has 20 heavy (non-hydrogen) atoms. The minimum absolute atomic E-state index is 0.0581. The van der Waals surface area contributed by atoms with Crippen LogP contribution in [0.5, 0.6) is 0 Å². The van der Waals surface area contributed by atoms with Crippen molar-refractivity contribution in [2.75, 3.05) is 54.0 Å². The number of carbonyl (C=O) groups excluding carboxylic acids is 1. The molecule has 0 aliphatic rings. The molecule has 0 aliphatic carbocycles. The zero-order chi connectivity index (χ0) is 15.6. The predicted octanol–water partition coefficient (Wildman–Crippen LogP) is 1.19. The molecule has 1 N–H and O–H groups in total. The molecule has 5 heteroatoms. The van der Waals surface area contributed by atoms with Gasteiger partial charge in [0.1, 0.15) is 0 Å². The number of nitrogens with one attached hydrogen (secondary N) is 1. The largest absolute Gasteiger partial charge is 0.383 e. The Bertz CT molecular complexity index is 262. The van der Waals surface area contributed by atoms with E-state index in [0.29, 0.717) is 19.6 Å². The normalized spacial score (nSPS) is 11.9. The Balaban J connectivity index is 4.12. The fourth-order valence-electron chi connectivity index (χ4n) is 1.84. The summed E-state index contributed by atoms with van der Waals surface area (Å²) in [7, 11) is 5.77. The monoisotopic (exact) mass is 287 g/mol. The molecule has 0 spiro atoms. The Labute approximate surface area is 124 Å². The van der Waals surface area contributed by atoms with Gasteiger partial charge >= 0.3 is 0 Å². The highest BCUT2D eigenvalue weighted by molar-refractivity contribution is 5.76. The van der Waals surface area contributed by atoms with Crippen LogP contribution in [0.15, 0.2) is 0 Å². The van der Waals surface area contributed by atoms with Gasteiger partial charge in [-0.3, -0.25) is 4.79 Å². The van der Waals surface area contributed by atoms with E-state index in [2.05, 4.69) is 45.1 Å². The maximum atomic E-state index is 12.2. The summed E-state index contributed by atoms with van der Waals surface area (Å²) < 4.78 is 5.09. The van der Waals surface area contributed by atoms with Crippen molar-refractivity contribution in [1.29, 1.82) is 0 Å². The summed E-state index contributed by atoms with van der Waals surface area (Å²) in [5.74, 6) is 0.206. The SMILES string of the molecule is COCCN(CCCN(C)C)C(=O)CCNC(C)(C)C. The maximum Gasteiger partial charge on any atom is 0.223 e. The number of hydrogen-bond acceptors (Lipinski definition) is 4. The second-order valence-corrected chi connectivity index (χ2v) is 6.46. The lowest BCUT2D eigenvalue weighted by Gasteiger charge is -2.25. The Kier molecular flexibility index (Phi) is 9.80. The molecule has 0 heterocycles. The summed E-state index contributed by atoms with van der Waals surface area (Å²) in [6.07, 6.45) is 1.54. The molecule has 0 unspecified atom stereocenters. The quantitative estimate of drug-likeness (QED) is 0.655. The summed E-state index contributed by atoms with van der Waals surface area (Å²) in [5.41, 5.74) is 0.0581. The molecule has 5 nitrogen and oxygen atoms in total. The average Bonchev–Trinajstić information content (AvgIpc) is 2.31. The van der Waals surface area contributed by atoms with E-state index in [9.17, 15) is 4.79 Å². The third kappa shape index (κ3) is 11.2. The third-order valence-corrected chi connectivity index (χ3v) is 2.95. The van der Waals surface area contributed by atoms with Crippen molar-refractivity contribution in [2.45, 2.75) is 39.2 Å². The first kappa shape index (κ1) is 19.4. The van der Waals surface area contributed by atoms with Gasteiger partial charge in [0.05, 0.1) is 6.61 Å². The van der Waals surface area contributed by atoms with E-state index >= 15 is 0 Å². The van der Waals surface area contributed by atoms with Crippen LogP contribution >= 0.6 is 0 Å². The third-order valence-electron chi connectivity index (χ3n) is 2.95. The van der Waals surface area contributed by atoms with Crippen LogP contribution in [0.2, 0.25) is 0 Å². The van der Waals surface area contributed by atoms with Crippen LogP contribution in [0, 0.1) is 0 Å². The fraction of sp³-hybridized carbons (Fsp3) is 0.933. The molecule has 0 aromatic rings. The zero-order valence-electron chi connectivity index (χ0n) is 14.2. The van der Waals surface area contributed by atoms with Gasteiger partial charge in [0.25, 0.3) is 0 Å². The van der Waals surface area contributed by atoms with E-state index in [1.165, 1.54) is 0 Å². The molecule has 0 atom stereocenters. The van der Waals surface area contributed by atoms with Crippen molar-refractivity contribution < 1.29 is 9.53 Å². The van der Waals surface area contributed by atoms with Gasteiger partial charge < -0.3 is 19.9 Å². The van der Waals surface area contributed by atoms with Crippen LogP contribution in [0.3, 0.4) is 0 Å². The molecular weight excluding hydrogens is 254 g/mol. The number of nitrogens with zero attached hydrogens (tertiary/aromatic N) is 2. The first-order valence-corrected chi connectivity index (χ1v) is 7.42. The number of amides is 1. The molecule has 0 fully saturated rings. The van der Waals surface area contributed by atoms with Crippen molar-refractivity contribution in [3.05, 3.63) is 0 Å². The van der Waals surface area contributed by atoms with E-state index in [1.54, 1.807) is 7.11 Å². The van der Waals surface area contributed by atoms with Crippen LogP contribution in [-0.2, 0) is 9.53 Å². The maximum absolute atomic E-state index is 12.2. The molecule has 0 aromatic heterocycles. The van der Waals surface area contributed by atoms with Gasteiger partial charge in [-0.2, -0.15) is 0 Å². The molecule has 0 aromatic carbocycles. The predicted molar refractivity (Wildman–Crippen MR) is 84.0 cm³/mol. The zero-order valence-corrected chi connectivity index (χ0v) is 14.2. The van der Waals surface area contributed by atoms with Gasteiger partial charge in [-0.1, -0.05) is 0 Å². The van der Waals surface area contributed by atoms with Crippen LogP contribution < -0.4 is 5.32 Å². The molecule has 0 rings (SSSR count). The number of carbonyl (C=O) groups is 1. The molecule has 0 bridgehead atoms. The second-order valence-electron chi connectivity index (χ2n) is 6.46.